The number of hydrogen-bond acceptors (Lipinski definition) is 4. The normalized spacial score (nSPS) is 18.1. The first-order valence-electron chi connectivity index (χ1n) is 10.5. The third kappa shape index (κ3) is 3.92. The number of hydrogen-bond donors (Lipinski definition) is 1. The van der Waals surface area contributed by atoms with E-state index in [1.165, 1.54) is 37.6 Å². The predicted molar refractivity (Wildman–Crippen MR) is 114 cm³/mol. The van der Waals surface area contributed by atoms with Crippen LogP contribution in [0.4, 0.5) is 5.69 Å². The second-order valence-corrected chi connectivity index (χ2v) is 7.90. The molecule has 0 aromatic heterocycles. The van der Waals surface area contributed by atoms with Gasteiger partial charge in [0.1, 0.15) is 5.75 Å². The average molecular weight is 392 g/mol. The molecule has 152 valence electrons. The largest absolute Gasteiger partial charge is 0.496 e. The van der Waals surface area contributed by atoms with Gasteiger partial charge < -0.3 is 10.1 Å². The molecule has 1 fully saturated rings. The summed E-state index contributed by atoms with van der Waals surface area (Å²) in [5, 5.41) is 3.01. The van der Waals surface area contributed by atoms with Gasteiger partial charge in [0.2, 0.25) is 0 Å². The zero-order valence-corrected chi connectivity index (χ0v) is 17.2. The second-order valence-electron chi connectivity index (χ2n) is 7.90. The van der Waals surface area contributed by atoms with Crippen LogP contribution in [0.5, 0.6) is 5.75 Å². The summed E-state index contributed by atoms with van der Waals surface area (Å²) in [4.78, 5) is 27.8. The first-order valence-corrected chi connectivity index (χ1v) is 10.5. The maximum absolute atomic E-state index is 12.9. The Hall–Kier alpha value is -2.66. The van der Waals surface area contributed by atoms with Crippen LogP contribution in [0.1, 0.15) is 70.5 Å². The van der Waals surface area contributed by atoms with Crippen LogP contribution < -0.4 is 10.1 Å². The van der Waals surface area contributed by atoms with Crippen LogP contribution in [0.15, 0.2) is 36.4 Å². The number of Topliss-reactive ketones (excluding diaryl/α,β-unsaturated/α-hetero) is 1. The molecule has 1 atom stereocenters. The number of carbonyl (C=O) groups is 2. The number of anilines is 1. The lowest BCUT2D eigenvalue weighted by molar-refractivity contribution is 0.0979. The molecular formula is C24H28N2O3. The van der Waals surface area contributed by atoms with Crippen molar-refractivity contribution in [2.24, 2.45) is 0 Å². The minimum Gasteiger partial charge on any atom is -0.496 e. The number of fused-ring (bicyclic) bond motifs is 3. The molecule has 1 unspecified atom stereocenters. The molecule has 0 saturated carbocycles. The number of rotatable bonds is 6. The molecule has 2 aliphatic rings. The van der Waals surface area contributed by atoms with Crippen molar-refractivity contribution in [2.75, 3.05) is 25.5 Å². The van der Waals surface area contributed by atoms with Gasteiger partial charge in [-0.2, -0.15) is 0 Å². The summed E-state index contributed by atoms with van der Waals surface area (Å²) in [5.74, 6) is 0.293. The third-order valence-corrected chi connectivity index (χ3v) is 6.03. The number of methoxy groups -OCH3 is 1. The van der Waals surface area contributed by atoms with Gasteiger partial charge in [0, 0.05) is 30.3 Å². The fraction of sp³-hybridized carbons (Fsp3) is 0.417. The highest BCUT2D eigenvalue weighted by Crippen LogP contribution is 2.38. The number of ketones is 1. The Bertz CT molecular complexity index is 938. The van der Waals surface area contributed by atoms with E-state index < -0.39 is 0 Å². The van der Waals surface area contributed by atoms with Gasteiger partial charge in [0.15, 0.2) is 5.78 Å². The van der Waals surface area contributed by atoms with Crippen molar-refractivity contribution < 1.29 is 14.3 Å². The number of amides is 1. The number of benzene rings is 2. The van der Waals surface area contributed by atoms with Crippen molar-refractivity contribution in [3.05, 3.63) is 58.7 Å². The van der Waals surface area contributed by atoms with E-state index in [-0.39, 0.29) is 11.7 Å². The Morgan fingerprint density at radius 2 is 2.03 bits per heavy atom. The average Bonchev–Trinajstić information content (AvgIpc) is 3.23. The van der Waals surface area contributed by atoms with Gasteiger partial charge in [-0.15, -0.1) is 0 Å². The summed E-state index contributed by atoms with van der Waals surface area (Å²) in [6.45, 7) is 4.26. The summed E-state index contributed by atoms with van der Waals surface area (Å²) in [7, 11) is 1.54. The smallest absolute Gasteiger partial charge is 0.255 e. The fourth-order valence-corrected chi connectivity index (χ4v) is 4.55. The molecule has 0 spiro atoms. The summed E-state index contributed by atoms with van der Waals surface area (Å²) in [6, 6.07) is 11.8. The molecule has 1 N–H and O–H groups in total. The highest BCUT2D eigenvalue weighted by molar-refractivity contribution is 6.07. The van der Waals surface area contributed by atoms with Gasteiger partial charge in [0.25, 0.3) is 5.91 Å². The van der Waals surface area contributed by atoms with Crippen LogP contribution in [0.25, 0.3) is 0 Å². The molecule has 1 saturated heterocycles. The molecular weight excluding hydrogens is 364 g/mol. The van der Waals surface area contributed by atoms with Gasteiger partial charge in [0.05, 0.1) is 12.7 Å². The van der Waals surface area contributed by atoms with Crippen molar-refractivity contribution in [3.8, 4) is 5.75 Å². The maximum atomic E-state index is 12.9. The summed E-state index contributed by atoms with van der Waals surface area (Å²) in [5.41, 5.74) is 4.47. The molecule has 2 aromatic carbocycles. The first kappa shape index (κ1) is 19.6. The lowest BCUT2D eigenvalue weighted by Crippen LogP contribution is -2.31. The first-order chi connectivity index (χ1) is 14.1. The summed E-state index contributed by atoms with van der Waals surface area (Å²) < 4.78 is 5.31. The van der Waals surface area contributed by atoms with Crippen molar-refractivity contribution >= 4 is 17.4 Å². The van der Waals surface area contributed by atoms with Crippen molar-refractivity contribution in [1.82, 2.24) is 4.90 Å². The highest BCUT2D eigenvalue weighted by atomic mass is 16.5. The molecule has 29 heavy (non-hydrogen) atoms. The second kappa shape index (κ2) is 8.37. The molecule has 2 aliphatic heterocycles. The van der Waals surface area contributed by atoms with E-state index in [2.05, 4.69) is 22.3 Å². The molecule has 2 aromatic rings. The SMILES string of the molecule is CCCC(=O)c1cc(C(=O)Nc2ccc3c(c2)C2CCCN2CC3)ccc1OC. The monoisotopic (exact) mass is 392 g/mol. The molecule has 2 heterocycles. The van der Waals surface area contributed by atoms with E-state index in [0.29, 0.717) is 29.3 Å². The number of nitrogens with zero attached hydrogens (tertiary/aromatic N) is 1. The molecule has 5 nitrogen and oxygen atoms in total. The third-order valence-electron chi connectivity index (χ3n) is 6.03. The number of carbonyl (C=O) groups excluding carboxylic acids is 2. The van der Waals surface area contributed by atoms with Crippen LogP contribution >= 0.6 is 0 Å². The van der Waals surface area contributed by atoms with Gasteiger partial charge in [-0.1, -0.05) is 13.0 Å². The molecule has 5 heteroatoms. The van der Waals surface area contributed by atoms with Gasteiger partial charge in [-0.25, -0.2) is 0 Å². The molecule has 0 radical (unpaired) electrons. The Morgan fingerprint density at radius 1 is 1.17 bits per heavy atom. The summed E-state index contributed by atoms with van der Waals surface area (Å²) >= 11 is 0. The minimum atomic E-state index is -0.211. The van der Waals surface area contributed by atoms with Crippen LogP contribution in [0.3, 0.4) is 0 Å². The van der Waals surface area contributed by atoms with E-state index in [1.807, 2.05) is 13.0 Å². The number of nitrogens with one attached hydrogen (secondary N) is 1. The Morgan fingerprint density at radius 3 is 2.83 bits per heavy atom. The maximum Gasteiger partial charge on any atom is 0.255 e. The van der Waals surface area contributed by atoms with E-state index in [1.54, 1.807) is 18.2 Å². The van der Waals surface area contributed by atoms with Crippen LogP contribution in [-0.4, -0.2) is 36.8 Å². The van der Waals surface area contributed by atoms with E-state index >= 15 is 0 Å². The Labute approximate surface area is 172 Å². The van der Waals surface area contributed by atoms with Gasteiger partial charge >= 0.3 is 0 Å². The van der Waals surface area contributed by atoms with E-state index in [9.17, 15) is 9.59 Å². The number of ether oxygens (including phenoxy) is 1. The molecule has 4 rings (SSSR count). The Kier molecular flexibility index (Phi) is 5.67. The lowest BCUT2D eigenvalue weighted by atomic mass is 9.92. The van der Waals surface area contributed by atoms with Crippen molar-refractivity contribution in [2.45, 2.75) is 45.1 Å². The van der Waals surface area contributed by atoms with E-state index in [0.717, 1.165) is 25.1 Å². The summed E-state index contributed by atoms with van der Waals surface area (Å²) in [6.07, 6.45) is 4.68. The minimum absolute atomic E-state index is 0.00546. The topological polar surface area (TPSA) is 58.6 Å². The van der Waals surface area contributed by atoms with Gasteiger partial charge in [-0.05, 0) is 73.7 Å². The molecule has 0 bridgehead atoms. The Balaban J connectivity index is 1.56. The molecule has 1 amide bonds. The molecule has 0 aliphatic carbocycles. The van der Waals surface area contributed by atoms with Crippen LogP contribution in [0, 0.1) is 0 Å². The highest BCUT2D eigenvalue weighted by Gasteiger charge is 2.31. The standard InChI is InChI=1S/C24H28N2O3/c1-3-5-22(27)20-14-17(8-10-23(20)29-2)24(28)25-18-9-7-16-11-13-26-12-4-6-21(26)19(16)15-18/h7-10,14-15,21H,3-6,11-13H2,1-2H3,(H,25,28). The quantitative estimate of drug-likeness (QED) is 0.729. The van der Waals surface area contributed by atoms with Crippen LogP contribution in [-0.2, 0) is 6.42 Å². The van der Waals surface area contributed by atoms with Crippen molar-refractivity contribution in [1.29, 1.82) is 0 Å². The van der Waals surface area contributed by atoms with E-state index in [4.69, 9.17) is 4.74 Å². The lowest BCUT2D eigenvalue weighted by Gasteiger charge is -2.32. The predicted octanol–water partition coefficient (Wildman–Crippen LogP) is 4.62. The fourth-order valence-electron chi connectivity index (χ4n) is 4.55. The zero-order chi connectivity index (χ0) is 20.4. The van der Waals surface area contributed by atoms with Crippen LogP contribution in [0.2, 0.25) is 0 Å². The van der Waals surface area contributed by atoms with Crippen molar-refractivity contribution in [3.63, 3.8) is 0 Å². The zero-order valence-electron chi connectivity index (χ0n) is 17.2. The van der Waals surface area contributed by atoms with Gasteiger partial charge in [-0.3, -0.25) is 14.5 Å².